The molecular formula is C17H18ClN3O5S. The zero-order valence-electron chi connectivity index (χ0n) is 14.7. The molecule has 0 unspecified atom stereocenters. The zero-order chi connectivity index (χ0) is 20.2. The van der Waals surface area contributed by atoms with E-state index in [1.54, 1.807) is 24.1 Å². The Labute approximate surface area is 161 Å². The van der Waals surface area contributed by atoms with Crippen LogP contribution in [0.3, 0.4) is 0 Å². The normalized spacial score (nSPS) is 11.4. The minimum absolute atomic E-state index is 0.0303. The van der Waals surface area contributed by atoms with Crippen molar-refractivity contribution < 1.29 is 18.1 Å². The van der Waals surface area contributed by atoms with E-state index in [2.05, 4.69) is 5.32 Å². The summed E-state index contributed by atoms with van der Waals surface area (Å²) >= 11 is 6.07. The van der Waals surface area contributed by atoms with E-state index in [0.29, 0.717) is 10.6 Å². The van der Waals surface area contributed by atoms with Crippen molar-refractivity contribution in [2.45, 2.75) is 11.4 Å². The van der Waals surface area contributed by atoms with Gasteiger partial charge in [0.2, 0.25) is 5.91 Å². The van der Waals surface area contributed by atoms with E-state index in [1.807, 2.05) is 0 Å². The van der Waals surface area contributed by atoms with Crippen LogP contribution in [0.15, 0.2) is 47.4 Å². The van der Waals surface area contributed by atoms with Crippen LogP contribution in [0.25, 0.3) is 0 Å². The summed E-state index contributed by atoms with van der Waals surface area (Å²) in [6.45, 7) is 0.152. The van der Waals surface area contributed by atoms with E-state index in [0.717, 1.165) is 6.26 Å². The van der Waals surface area contributed by atoms with Gasteiger partial charge in [0.05, 0.1) is 22.1 Å². The Hall–Kier alpha value is -2.49. The van der Waals surface area contributed by atoms with E-state index in [1.165, 1.54) is 30.3 Å². The van der Waals surface area contributed by atoms with Gasteiger partial charge in [-0.1, -0.05) is 23.7 Å². The Kier molecular flexibility index (Phi) is 6.53. The van der Waals surface area contributed by atoms with Gasteiger partial charge >= 0.3 is 0 Å². The van der Waals surface area contributed by atoms with Gasteiger partial charge in [0.25, 0.3) is 5.69 Å². The standard InChI is InChI=1S/C17H18ClN3O5S/c1-20(10-12-9-13(21(23)24)7-8-14(12)18)11-17(22)19-15-5-3-4-6-16(15)27(2,25)26/h3-9H,10-11H2,1-2H3,(H,19,22). The highest BCUT2D eigenvalue weighted by molar-refractivity contribution is 7.90. The number of nitro benzene ring substituents is 1. The molecule has 0 heterocycles. The number of sulfone groups is 1. The molecule has 10 heteroatoms. The van der Waals surface area contributed by atoms with Crippen LogP contribution in [0.2, 0.25) is 5.02 Å². The average Bonchev–Trinajstić information content (AvgIpc) is 2.56. The Morgan fingerprint density at radius 3 is 2.56 bits per heavy atom. The Morgan fingerprint density at radius 2 is 1.93 bits per heavy atom. The van der Waals surface area contributed by atoms with Gasteiger partial charge in [-0.15, -0.1) is 0 Å². The molecule has 2 rings (SSSR count). The second-order valence-electron chi connectivity index (χ2n) is 6.02. The van der Waals surface area contributed by atoms with Gasteiger partial charge in [0.15, 0.2) is 9.84 Å². The first-order chi connectivity index (χ1) is 12.6. The molecule has 0 aliphatic carbocycles. The summed E-state index contributed by atoms with van der Waals surface area (Å²) in [4.78, 5) is 24.3. The third-order valence-electron chi connectivity index (χ3n) is 3.65. The molecule has 2 aromatic carbocycles. The molecule has 0 saturated heterocycles. The fourth-order valence-electron chi connectivity index (χ4n) is 2.47. The van der Waals surface area contributed by atoms with Gasteiger partial charge in [0, 0.05) is 30.0 Å². The Balaban J connectivity index is 2.07. The van der Waals surface area contributed by atoms with Crippen LogP contribution in [0.5, 0.6) is 0 Å². The highest BCUT2D eigenvalue weighted by Gasteiger charge is 2.16. The molecule has 0 spiro atoms. The van der Waals surface area contributed by atoms with Gasteiger partial charge < -0.3 is 5.32 Å². The molecule has 0 saturated carbocycles. The van der Waals surface area contributed by atoms with E-state index < -0.39 is 20.7 Å². The number of amides is 1. The number of carbonyl (C=O) groups is 1. The molecule has 0 aliphatic heterocycles. The molecule has 1 N–H and O–H groups in total. The first kappa shape index (κ1) is 20.8. The summed E-state index contributed by atoms with van der Waals surface area (Å²) in [6.07, 6.45) is 1.06. The predicted octanol–water partition coefficient (Wildman–Crippen LogP) is 2.72. The number of carbonyl (C=O) groups excluding carboxylic acids is 1. The Bertz CT molecular complexity index is 978. The lowest BCUT2D eigenvalue weighted by atomic mass is 10.2. The van der Waals surface area contributed by atoms with Crippen LogP contribution in [-0.2, 0) is 21.2 Å². The second-order valence-corrected chi connectivity index (χ2v) is 8.41. The van der Waals surface area contributed by atoms with Crippen LogP contribution in [0.4, 0.5) is 11.4 Å². The number of halogens is 1. The van der Waals surface area contributed by atoms with E-state index in [4.69, 9.17) is 11.6 Å². The molecule has 2 aromatic rings. The summed E-state index contributed by atoms with van der Waals surface area (Å²) in [5, 5.41) is 13.8. The second kappa shape index (κ2) is 8.47. The van der Waals surface area contributed by atoms with Gasteiger partial charge in [-0.05, 0) is 30.8 Å². The van der Waals surface area contributed by atoms with Crippen LogP contribution in [0, 0.1) is 10.1 Å². The van der Waals surface area contributed by atoms with Crippen molar-refractivity contribution in [2.24, 2.45) is 0 Å². The molecule has 1 amide bonds. The Morgan fingerprint density at radius 1 is 1.26 bits per heavy atom. The lowest BCUT2D eigenvalue weighted by molar-refractivity contribution is -0.384. The number of nitrogens with zero attached hydrogens (tertiary/aromatic N) is 2. The largest absolute Gasteiger partial charge is 0.324 e. The lowest BCUT2D eigenvalue weighted by Crippen LogP contribution is -2.30. The lowest BCUT2D eigenvalue weighted by Gasteiger charge is -2.17. The van der Waals surface area contributed by atoms with E-state index >= 15 is 0 Å². The number of nitrogens with one attached hydrogen (secondary N) is 1. The van der Waals surface area contributed by atoms with Crippen molar-refractivity contribution in [1.29, 1.82) is 0 Å². The van der Waals surface area contributed by atoms with Gasteiger partial charge in [0.1, 0.15) is 0 Å². The molecule has 8 nitrogen and oxygen atoms in total. The van der Waals surface area contributed by atoms with Crippen molar-refractivity contribution in [1.82, 2.24) is 4.90 Å². The number of hydrogen-bond donors (Lipinski definition) is 1. The minimum Gasteiger partial charge on any atom is -0.324 e. The van der Waals surface area contributed by atoms with Crippen molar-refractivity contribution in [3.8, 4) is 0 Å². The summed E-state index contributed by atoms with van der Waals surface area (Å²) in [5.74, 6) is -0.421. The van der Waals surface area contributed by atoms with Gasteiger partial charge in [-0.3, -0.25) is 19.8 Å². The third kappa shape index (κ3) is 5.75. The topological polar surface area (TPSA) is 110 Å². The van der Waals surface area contributed by atoms with Crippen LogP contribution < -0.4 is 5.32 Å². The maximum Gasteiger partial charge on any atom is 0.269 e. The average molecular weight is 412 g/mol. The van der Waals surface area contributed by atoms with Crippen LogP contribution in [-0.4, -0.2) is 44.0 Å². The summed E-state index contributed by atoms with van der Waals surface area (Å²) < 4.78 is 23.6. The highest BCUT2D eigenvalue weighted by atomic mass is 35.5. The molecule has 27 heavy (non-hydrogen) atoms. The quantitative estimate of drug-likeness (QED) is 0.554. The summed E-state index contributed by atoms with van der Waals surface area (Å²) in [7, 11) is -1.83. The fourth-order valence-corrected chi connectivity index (χ4v) is 3.49. The number of anilines is 1. The van der Waals surface area contributed by atoms with E-state index in [-0.39, 0.29) is 29.4 Å². The molecule has 0 atom stereocenters. The molecule has 0 fully saturated rings. The molecule has 0 aliphatic rings. The summed E-state index contributed by atoms with van der Waals surface area (Å²) in [5.41, 5.74) is 0.624. The number of benzene rings is 2. The molecule has 0 aromatic heterocycles. The van der Waals surface area contributed by atoms with Crippen LogP contribution >= 0.6 is 11.6 Å². The van der Waals surface area contributed by atoms with Crippen molar-refractivity contribution in [2.75, 3.05) is 25.2 Å². The first-order valence-corrected chi connectivity index (χ1v) is 10.0. The zero-order valence-corrected chi connectivity index (χ0v) is 16.2. The first-order valence-electron chi connectivity index (χ1n) is 7.78. The monoisotopic (exact) mass is 411 g/mol. The number of nitro groups is 1. The minimum atomic E-state index is -3.48. The molecule has 0 bridgehead atoms. The van der Waals surface area contributed by atoms with E-state index in [9.17, 15) is 23.3 Å². The van der Waals surface area contributed by atoms with Crippen LogP contribution in [0.1, 0.15) is 5.56 Å². The van der Waals surface area contributed by atoms with Crippen molar-refractivity contribution in [3.05, 3.63) is 63.2 Å². The summed E-state index contributed by atoms with van der Waals surface area (Å²) in [6, 6.07) is 10.2. The number of para-hydroxylation sites is 1. The predicted molar refractivity (Wildman–Crippen MR) is 103 cm³/mol. The maximum absolute atomic E-state index is 12.3. The fraction of sp³-hybridized carbons (Fsp3) is 0.235. The molecular weight excluding hydrogens is 394 g/mol. The highest BCUT2D eigenvalue weighted by Crippen LogP contribution is 2.23. The number of hydrogen-bond acceptors (Lipinski definition) is 6. The van der Waals surface area contributed by atoms with Crippen molar-refractivity contribution in [3.63, 3.8) is 0 Å². The van der Waals surface area contributed by atoms with Gasteiger partial charge in [-0.25, -0.2) is 8.42 Å². The number of non-ortho nitro benzene ring substituents is 1. The molecule has 144 valence electrons. The number of rotatable bonds is 7. The maximum atomic E-state index is 12.3. The smallest absolute Gasteiger partial charge is 0.269 e. The van der Waals surface area contributed by atoms with Gasteiger partial charge in [-0.2, -0.15) is 0 Å². The third-order valence-corrected chi connectivity index (χ3v) is 5.18. The SMILES string of the molecule is CN(CC(=O)Nc1ccccc1S(C)(=O)=O)Cc1cc([N+](=O)[O-])ccc1Cl. The number of likely N-dealkylation sites (N-methyl/N-ethyl adjacent to an activating group) is 1. The van der Waals surface area contributed by atoms with Crippen molar-refractivity contribution >= 4 is 38.7 Å². The molecule has 0 radical (unpaired) electrons.